The fourth-order valence-electron chi connectivity index (χ4n) is 1.47. The quantitative estimate of drug-likeness (QED) is 0.750. The Morgan fingerprint density at radius 3 is 2.35 bits per heavy atom. The van der Waals surface area contributed by atoms with E-state index < -0.39 is 9.84 Å². The normalized spacial score (nSPS) is 10.9. The van der Waals surface area contributed by atoms with Crippen LogP contribution in [-0.4, -0.2) is 28.3 Å². The van der Waals surface area contributed by atoms with E-state index in [4.69, 9.17) is 5.26 Å². The number of sulfone groups is 1. The van der Waals surface area contributed by atoms with Gasteiger partial charge in [-0.2, -0.15) is 5.26 Å². The first-order valence-corrected chi connectivity index (χ1v) is 7.22. The van der Waals surface area contributed by atoms with E-state index in [9.17, 15) is 8.42 Å². The number of rotatable bonds is 5. The molecule has 17 heavy (non-hydrogen) atoms. The third-order valence-corrected chi connectivity index (χ3v) is 3.62. The molecule has 0 atom stereocenters. The maximum absolute atomic E-state index is 11.3. The molecule has 5 heteroatoms. The molecule has 0 bridgehead atoms. The monoisotopic (exact) mass is 252 g/mol. The molecule has 0 unspecified atom stereocenters. The van der Waals surface area contributed by atoms with Crippen molar-refractivity contribution in [3.05, 3.63) is 24.3 Å². The average Bonchev–Trinajstić information content (AvgIpc) is 2.28. The highest BCUT2D eigenvalue weighted by Crippen LogP contribution is 2.17. The molecular formula is C12H16N2O2S. The van der Waals surface area contributed by atoms with Crippen LogP contribution in [0.4, 0.5) is 5.69 Å². The predicted octanol–water partition coefficient (Wildman–Crippen LogP) is 1.83. The second-order valence-electron chi connectivity index (χ2n) is 3.95. The van der Waals surface area contributed by atoms with Gasteiger partial charge in [0.25, 0.3) is 0 Å². The zero-order chi connectivity index (χ0) is 12.9. The van der Waals surface area contributed by atoms with Crippen molar-refractivity contribution in [2.75, 3.05) is 24.7 Å². The van der Waals surface area contributed by atoms with Gasteiger partial charge in [-0.05, 0) is 30.7 Å². The van der Waals surface area contributed by atoms with Crippen molar-refractivity contribution < 1.29 is 8.42 Å². The minimum atomic E-state index is -3.13. The molecule has 0 saturated heterocycles. The molecule has 0 aliphatic carbocycles. The fraction of sp³-hybridized carbons (Fsp3) is 0.417. The van der Waals surface area contributed by atoms with Gasteiger partial charge in [0.15, 0.2) is 9.84 Å². The summed E-state index contributed by atoms with van der Waals surface area (Å²) in [5.74, 6) is 0. The number of nitrogens with zero attached hydrogens (tertiary/aromatic N) is 2. The molecule has 0 aromatic heterocycles. The second-order valence-corrected chi connectivity index (χ2v) is 5.97. The van der Waals surface area contributed by atoms with Crippen molar-refractivity contribution in [2.45, 2.75) is 17.7 Å². The first-order valence-electron chi connectivity index (χ1n) is 5.33. The van der Waals surface area contributed by atoms with Gasteiger partial charge in [-0.15, -0.1) is 0 Å². The molecule has 0 fully saturated rings. The molecule has 92 valence electrons. The van der Waals surface area contributed by atoms with Crippen molar-refractivity contribution in [1.82, 2.24) is 0 Å². The van der Waals surface area contributed by atoms with Crippen LogP contribution < -0.4 is 4.90 Å². The molecule has 0 N–H and O–H groups in total. The van der Waals surface area contributed by atoms with E-state index in [0.717, 1.165) is 18.7 Å². The SMILES string of the molecule is CN(CCCC#N)c1ccc(S(C)(=O)=O)cc1. The molecule has 1 aromatic rings. The van der Waals surface area contributed by atoms with Crippen LogP contribution in [0, 0.1) is 11.3 Å². The topological polar surface area (TPSA) is 61.2 Å². The smallest absolute Gasteiger partial charge is 0.175 e. The number of nitriles is 1. The van der Waals surface area contributed by atoms with Crippen LogP contribution in [0.5, 0.6) is 0 Å². The molecule has 0 saturated carbocycles. The molecule has 0 heterocycles. The lowest BCUT2D eigenvalue weighted by atomic mass is 10.2. The van der Waals surface area contributed by atoms with Gasteiger partial charge in [0.05, 0.1) is 11.0 Å². The second kappa shape index (κ2) is 5.69. The summed E-state index contributed by atoms with van der Waals surface area (Å²) in [5, 5.41) is 8.44. The highest BCUT2D eigenvalue weighted by molar-refractivity contribution is 7.90. The standard InChI is InChI=1S/C12H16N2O2S/c1-14(10-4-3-9-13)11-5-7-12(8-6-11)17(2,15)16/h5-8H,3-4,10H2,1-2H3. The Balaban J connectivity index is 2.71. The van der Waals surface area contributed by atoms with Gasteiger partial charge in [0.1, 0.15) is 0 Å². The minimum absolute atomic E-state index is 0.326. The van der Waals surface area contributed by atoms with Gasteiger partial charge in [-0.1, -0.05) is 0 Å². The van der Waals surface area contributed by atoms with Crippen molar-refractivity contribution in [3.8, 4) is 6.07 Å². The number of anilines is 1. The molecule has 1 rings (SSSR count). The summed E-state index contributed by atoms with van der Waals surface area (Å²) in [6.07, 6.45) is 2.53. The van der Waals surface area contributed by atoms with Gasteiger partial charge in [0, 0.05) is 32.0 Å². The van der Waals surface area contributed by atoms with Crippen LogP contribution in [0.15, 0.2) is 29.2 Å². The maximum atomic E-state index is 11.3. The van der Waals surface area contributed by atoms with Gasteiger partial charge in [-0.25, -0.2) is 8.42 Å². The van der Waals surface area contributed by atoms with E-state index in [1.807, 2.05) is 11.9 Å². The zero-order valence-electron chi connectivity index (χ0n) is 10.0. The number of hydrogen-bond donors (Lipinski definition) is 0. The van der Waals surface area contributed by atoms with E-state index in [2.05, 4.69) is 6.07 Å². The Hall–Kier alpha value is -1.54. The van der Waals surface area contributed by atoms with E-state index in [-0.39, 0.29) is 0 Å². The summed E-state index contributed by atoms with van der Waals surface area (Å²) >= 11 is 0. The highest BCUT2D eigenvalue weighted by atomic mass is 32.2. The van der Waals surface area contributed by atoms with Crippen molar-refractivity contribution >= 4 is 15.5 Å². The van der Waals surface area contributed by atoms with E-state index in [1.165, 1.54) is 6.26 Å². The van der Waals surface area contributed by atoms with Gasteiger partial charge >= 0.3 is 0 Å². The Labute approximate surface area is 102 Å². The predicted molar refractivity (Wildman–Crippen MR) is 67.7 cm³/mol. The Morgan fingerprint density at radius 1 is 1.29 bits per heavy atom. The molecule has 1 aromatic carbocycles. The van der Waals surface area contributed by atoms with Crippen LogP contribution in [0.2, 0.25) is 0 Å². The van der Waals surface area contributed by atoms with Crippen molar-refractivity contribution in [1.29, 1.82) is 5.26 Å². The van der Waals surface area contributed by atoms with Crippen LogP contribution in [0.1, 0.15) is 12.8 Å². The summed E-state index contributed by atoms with van der Waals surface area (Å²) in [4.78, 5) is 2.33. The minimum Gasteiger partial charge on any atom is -0.375 e. The Morgan fingerprint density at radius 2 is 1.88 bits per heavy atom. The Bertz CT molecular complexity index is 500. The number of unbranched alkanes of at least 4 members (excludes halogenated alkanes) is 1. The lowest BCUT2D eigenvalue weighted by molar-refractivity contribution is 0.602. The van der Waals surface area contributed by atoms with Gasteiger partial charge in [0.2, 0.25) is 0 Å². The first kappa shape index (κ1) is 13.5. The summed E-state index contributed by atoms with van der Waals surface area (Å²) in [6, 6.07) is 8.86. The highest BCUT2D eigenvalue weighted by Gasteiger charge is 2.07. The average molecular weight is 252 g/mol. The summed E-state index contributed by atoms with van der Waals surface area (Å²) < 4.78 is 22.6. The largest absolute Gasteiger partial charge is 0.375 e. The van der Waals surface area contributed by atoms with E-state index >= 15 is 0 Å². The molecule has 0 aliphatic rings. The molecular weight excluding hydrogens is 236 g/mol. The molecule has 4 nitrogen and oxygen atoms in total. The Kier molecular flexibility index (Phi) is 4.53. The fourth-order valence-corrected chi connectivity index (χ4v) is 2.10. The summed E-state index contributed by atoms with van der Waals surface area (Å²) in [6.45, 7) is 0.784. The lowest BCUT2D eigenvalue weighted by Crippen LogP contribution is -2.18. The van der Waals surface area contributed by atoms with E-state index in [0.29, 0.717) is 11.3 Å². The number of benzene rings is 1. The summed E-state index contributed by atoms with van der Waals surface area (Å²) in [5.41, 5.74) is 0.954. The van der Waals surface area contributed by atoms with Gasteiger partial charge in [-0.3, -0.25) is 0 Å². The third-order valence-electron chi connectivity index (χ3n) is 2.49. The van der Waals surface area contributed by atoms with Gasteiger partial charge < -0.3 is 4.90 Å². The molecule has 0 amide bonds. The zero-order valence-corrected chi connectivity index (χ0v) is 10.9. The molecule has 0 spiro atoms. The lowest BCUT2D eigenvalue weighted by Gasteiger charge is -2.18. The molecule has 0 radical (unpaired) electrons. The van der Waals surface area contributed by atoms with Crippen LogP contribution >= 0.6 is 0 Å². The maximum Gasteiger partial charge on any atom is 0.175 e. The van der Waals surface area contributed by atoms with E-state index in [1.54, 1.807) is 24.3 Å². The summed E-state index contributed by atoms with van der Waals surface area (Å²) in [7, 11) is -1.20. The third kappa shape index (κ3) is 4.08. The first-order chi connectivity index (χ1) is 7.95. The van der Waals surface area contributed by atoms with Crippen molar-refractivity contribution in [3.63, 3.8) is 0 Å². The number of hydrogen-bond acceptors (Lipinski definition) is 4. The molecule has 0 aliphatic heterocycles. The van der Waals surface area contributed by atoms with Crippen LogP contribution in [-0.2, 0) is 9.84 Å². The van der Waals surface area contributed by atoms with Crippen LogP contribution in [0.3, 0.4) is 0 Å². The van der Waals surface area contributed by atoms with Crippen molar-refractivity contribution in [2.24, 2.45) is 0 Å². The van der Waals surface area contributed by atoms with Crippen LogP contribution in [0.25, 0.3) is 0 Å².